The lowest BCUT2D eigenvalue weighted by atomic mass is 10.2. The van der Waals surface area contributed by atoms with Crippen molar-refractivity contribution in [2.24, 2.45) is 0 Å². The lowest BCUT2D eigenvalue weighted by Crippen LogP contribution is -2.45. The highest BCUT2D eigenvalue weighted by Gasteiger charge is 2.57. The highest BCUT2D eigenvalue weighted by molar-refractivity contribution is 5.46. The van der Waals surface area contributed by atoms with Gasteiger partial charge in [0.2, 0.25) is 0 Å². The van der Waals surface area contributed by atoms with Crippen molar-refractivity contribution in [2.45, 2.75) is 24.4 Å². The summed E-state index contributed by atoms with van der Waals surface area (Å²) in [5.41, 5.74) is -0.0138. The molecule has 2 nitrogen and oxygen atoms in total. The van der Waals surface area contributed by atoms with Gasteiger partial charge in [-0.25, -0.2) is 4.39 Å². The molecule has 0 spiro atoms. The van der Waals surface area contributed by atoms with Crippen LogP contribution in [0.2, 0.25) is 0 Å². The normalized spacial score (nSPS) is 14.5. The van der Waals surface area contributed by atoms with Crippen LogP contribution < -0.4 is 10.1 Å². The molecule has 0 amide bonds. The second-order valence-electron chi connectivity index (χ2n) is 4.45. The van der Waals surface area contributed by atoms with E-state index in [2.05, 4.69) is 4.74 Å². The maximum atomic E-state index is 13.0. The molecule has 0 saturated carbocycles. The van der Waals surface area contributed by atoms with E-state index in [1.165, 1.54) is 0 Å². The van der Waals surface area contributed by atoms with E-state index in [1.807, 2.05) is 5.32 Å². The summed E-state index contributed by atoms with van der Waals surface area (Å²) >= 11 is 0. The van der Waals surface area contributed by atoms with E-state index >= 15 is 0 Å². The Labute approximate surface area is 124 Å². The molecule has 0 radical (unpaired) electrons. The maximum Gasteiger partial charge on any atom is 0.425 e. The number of alkyl halides is 9. The lowest BCUT2D eigenvalue weighted by Gasteiger charge is -2.22. The zero-order valence-electron chi connectivity index (χ0n) is 11.1. The first-order chi connectivity index (χ1) is 10.3. The smallest absolute Gasteiger partial charge is 0.425 e. The molecule has 0 aliphatic rings. The fraction of sp³-hybridized carbons (Fsp3) is 0.500. The maximum absolute atomic E-state index is 13.0. The lowest BCUT2D eigenvalue weighted by molar-refractivity contribution is -0.250. The summed E-state index contributed by atoms with van der Waals surface area (Å²) in [6.45, 7) is -3.20. The van der Waals surface area contributed by atoms with Gasteiger partial charge in [-0.15, -0.1) is 0 Å². The second-order valence-corrected chi connectivity index (χ2v) is 4.45. The van der Waals surface area contributed by atoms with E-state index < -0.39 is 37.6 Å². The number of halogens is 9. The minimum absolute atomic E-state index is 0.0138. The number of rotatable bonds is 6. The van der Waals surface area contributed by atoms with Gasteiger partial charge < -0.3 is 10.1 Å². The van der Waals surface area contributed by atoms with Gasteiger partial charge in [0.05, 0.1) is 0 Å². The van der Waals surface area contributed by atoms with Gasteiger partial charge in [0.1, 0.15) is 12.3 Å². The Balaban J connectivity index is 2.59. The van der Waals surface area contributed by atoms with Crippen LogP contribution in [0.5, 0.6) is 5.75 Å². The van der Waals surface area contributed by atoms with Gasteiger partial charge in [-0.1, -0.05) is 0 Å². The van der Waals surface area contributed by atoms with Gasteiger partial charge in [-0.3, -0.25) is 0 Å². The Bertz CT molecular complexity index is 495. The highest BCUT2D eigenvalue weighted by Crippen LogP contribution is 2.35. The number of nitrogens with one attached hydrogen (secondary N) is 1. The highest BCUT2D eigenvalue weighted by atomic mass is 19.4. The fourth-order valence-corrected chi connectivity index (χ4v) is 1.36. The molecule has 11 heteroatoms. The van der Waals surface area contributed by atoms with Gasteiger partial charge in [-0.2, -0.15) is 35.1 Å². The van der Waals surface area contributed by atoms with Crippen LogP contribution in [0.1, 0.15) is 0 Å². The topological polar surface area (TPSA) is 21.3 Å². The number of hydrogen-bond donors (Lipinski definition) is 1. The van der Waals surface area contributed by atoms with Crippen LogP contribution in [-0.2, 0) is 0 Å². The second kappa shape index (κ2) is 6.75. The third-order valence-corrected chi connectivity index (χ3v) is 2.44. The first kappa shape index (κ1) is 19.2. The molecule has 0 aliphatic carbocycles. The predicted octanol–water partition coefficient (Wildman–Crippen LogP) is 4.58. The van der Waals surface area contributed by atoms with Crippen LogP contribution in [0.15, 0.2) is 24.3 Å². The molecule has 0 fully saturated rings. The first-order valence-corrected chi connectivity index (χ1v) is 5.93. The van der Waals surface area contributed by atoms with Gasteiger partial charge in [0.15, 0.2) is 6.61 Å². The Kier molecular flexibility index (Phi) is 5.65. The van der Waals surface area contributed by atoms with Crippen LogP contribution in [0.4, 0.5) is 45.2 Å². The molecule has 1 rings (SSSR count). The van der Waals surface area contributed by atoms with E-state index in [-0.39, 0.29) is 11.4 Å². The van der Waals surface area contributed by atoms with Crippen molar-refractivity contribution in [1.29, 1.82) is 0 Å². The van der Waals surface area contributed by atoms with Crippen LogP contribution >= 0.6 is 0 Å². The molecule has 1 aromatic carbocycles. The van der Waals surface area contributed by atoms with Gasteiger partial charge >= 0.3 is 18.3 Å². The van der Waals surface area contributed by atoms with E-state index in [0.717, 1.165) is 24.3 Å². The van der Waals surface area contributed by atoms with Crippen LogP contribution in [0, 0.1) is 0 Å². The monoisotopic (exact) mass is 355 g/mol. The Morgan fingerprint density at radius 2 is 1.43 bits per heavy atom. The van der Waals surface area contributed by atoms with Crippen molar-refractivity contribution in [1.82, 2.24) is 0 Å². The number of hydrogen-bond acceptors (Lipinski definition) is 2. The summed E-state index contributed by atoms with van der Waals surface area (Å²) in [6, 6.07) is 3.98. The molecular formula is C12H10F9NO. The number of benzene rings is 1. The third kappa shape index (κ3) is 6.45. The number of ether oxygens (including phenoxy) is 1. The molecular weight excluding hydrogens is 345 g/mol. The van der Waals surface area contributed by atoms with E-state index in [4.69, 9.17) is 0 Å². The van der Waals surface area contributed by atoms with Gasteiger partial charge in [0.25, 0.3) is 6.17 Å². The molecule has 0 heterocycles. The molecule has 0 aliphatic heterocycles. The predicted molar refractivity (Wildman–Crippen MR) is 62.4 cm³/mol. The molecule has 0 unspecified atom stereocenters. The van der Waals surface area contributed by atoms with Crippen molar-refractivity contribution in [3.8, 4) is 5.75 Å². The zero-order valence-corrected chi connectivity index (χ0v) is 11.1. The van der Waals surface area contributed by atoms with E-state index in [0.29, 0.717) is 0 Å². The van der Waals surface area contributed by atoms with Crippen LogP contribution in [-0.4, -0.2) is 37.6 Å². The summed E-state index contributed by atoms with van der Waals surface area (Å²) in [6.07, 6.45) is -14.6. The molecule has 0 bridgehead atoms. The number of anilines is 1. The molecule has 23 heavy (non-hydrogen) atoms. The Morgan fingerprint density at radius 3 is 1.87 bits per heavy atom. The van der Waals surface area contributed by atoms with Gasteiger partial charge in [0, 0.05) is 5.69 Å². The summed E-state index contributed by atoms with van der Waals surface area (Å²) in [5.74, 6) is -5.15. The largest absolute Gasteiger partial charge is 0.487 e. The molecule has 132 valence electrons. The van der Waals surface area contributed by atoms with Crippen molar-refractivity contribution in [2.75, 3.05) is 18.5 Å². The average molecular weight is 355 g/mol. The summed E-state index contributed by atoms with van der Waals surface area (Å²) < 4.78 is 114. The average Bonchev–Trinajstić information content (AvgIpc) is 2.41. The fourth-order valence-electron chi connectivity index (χ4n) is 1.36. The SMILES string of the molecule is F[C@@H](C(F)(F)F)C(F)(F)COc1ccc(NCC(F)(F)F)cc1. The minimum Gasteiger partial charge on any atom is -0.487 e. The Morgan fingerprint density at radius 1 is 0.913 bits per heavy atom. The van der Waals surface area contributed by atoms with Crippen molar-refractivity contribution < 1.29 is 44.3 Å². The first-order valence-electron chi connectivity index (χ1n) is 5.93. The molecule has 0 saturated heterocycles. The van der Waals surface area contributed by atoms with Crippen LogP contribution in [0.25, 0.3) is 0 Å². The Hall–Kier alpha value is -1.81. The van der Waals surface area contributed by atoms with E-state index in [9.17, 15) is 39.5 Å². The molecule has 1 atom stereocenters. The van der Waals surface area contributed by atoms with Gasteiger partial charge in [-0.05, 0) is 24.3 Å². The zero-order chi connectivity index (χ0) is 17.9. The van der Waals surface area contributed by atoms with Crippen molar-refractivity contribution in [3.05, 3.63) is 24.3 Å². The van der Waals surface area contributed by atoms with Crippen LogP contribution in [0.3, 0.4) is 0 Å². The molecule has 1 N–H and O–H groups in total. The molecule has 0 aromatic heterocycles. The molecule has 1 aromatic rings. The summed E-state index contributed by atoms with van der Waals surface area (Å²) in [7, 11) is 0. The summed E-state index contributed by atoms with van der Waals surface area (Å²) in [4.78, 5) is 0. The van der Waals surface area contributed by atoms with Crippen molar-refractivity contribution >= 4 is 5.69 Å². The third-order valence-electron chi connectivity index (χ3n) is 2.44. The summed E-state index contributed by atoms with van der Waals surface area (Å²) in [5, 5.41) is 1.98. The quantitative estimate of drug-likeness (QED) is 0.755. The van der Waals surface area contributed by atoms with E-state index in [1.54, 1.807) is 0 Å². The van der Waals surface area contributed by atoms with Crippen molar-refractivity contribution in [3.63, 3.8) is 0 Å². The standard InChI is InChI=1S/C12H10F9NO/c13-9(12(19,20)21)10(14,15)6-23-8-3-1-7(2-4-8)22-5-11(16,17)18/h1-4,9,22H,5-6H2/t9-/m1/s1. The minimum atomic E-state index is -5.74.